The lowest BCUT2D eigenvalue weighted by molar-refractivity contribution is -0.149. The van der Waals surface area contributed by atoms with Crippen molar-refractivity contribution in [3.05, 3.63) is 0 Å². The van der Waals surface area contributed by atoms with Gasteiger partial charge in [0, 0.05) is 29.1 Å². The van der Waals surface area contributed by atoms with E-state index in [-0.39, 0.29) is 55.1 Å². The number of alkyl halides is 4. The molecule has 0 heterocycles. The Kier molecular flexibility index (Phi) is 2.76. The number of rotatable bonds is 2. The number of carbonyl (C=O) groups is 2. The van der Waals surface area contributed by atoms with Crippen LogP contribution in [0.4, 0.5) is 0 Å². The molecule has 6 unspecified atom stereocenters. The highest BCUT2D eigenvalue weighted by Gasteiger charge is 3.13. The monoisotopic (exact) mass is 690 g/mol. The molecular weight excluding hydrogens is 672 g/mol. The smallest absolute Gasteiger partial charge is 0.309 e. The van der Waals surface area contributed by atoms with Gasteiger partial charge < -0.3 is 9.47 Å². The van der Waals surface area contributed by atoms with Crippen LogP contribution in [0, 0.1) is 93.7 Å². The summed E-state index contributed by atoms with van der Waals surface area (Å²) < 4.78 is 10.9. The van der Waals surface area contributed by atoms with Gasteiger partial charge in [-0.1, -0.05) is 63.7 Å². The van der Waals surface area contributed by atoms with Gasteiger partial charge in [0.25, 0.3) is 0 Å². The molecule has 0 aliphatic heterocycles. The molecule has 10 aliphatic rings. The maximum absolute atomic E-state index is 13.5. The number of ether oxygens (including phenoxy) is 2. The maximum Gasteiger partial charge on any atom is 0.309 e. The standard InChI is InChI=1S/C24H22Br4O4/c1-31-19(29)7-9-3-4-10(7)22-14-6-5-13(17(14)25)21(9,22)23(27)11(3)8(20(30)32-2)12(4)24(22,28)16(6)18(26)15(5)23/h3-18H,1-2H3/t3-,4-,5-,6-,7?,8?,9-,10+,11+,12-,13+,14-,15-,16+,17?,18?,21?,22?,23-,24+/m0/s1. The van der Waals surface area contributed by atoms with Crippen molar-refractivity contribution in [2.75, 3.05) is 14.2 Å². The molecule has 4 bridgehead atoms. The summed E-state index contributed by atoms with van der Waals surface area (Å²) in [6.45, 7) is 0. The average molecular weight is 694 g/mol. The van der Waals surface area contributed by atoms with Crippen LogP contribution >= 0.6 is 63.7 Å². The van der Waals surface area contributed by atoms with Crippen LogP contribution in [0.3, 0.4) is 0 Å². The second kappa shape index (κ2) is 4.64. The largest absolute Gasteiger partial charge is 0.469 e. The van der Waals surface area contributed by atoms with Gasteiger partial charge in [-0.05, 0) is 71.0 Å². The lowest BCUT2D eigenvalue weighted by Crippen LogP contribution is -2.57. The molecule has 32 heavy (non-hydrogen) atoms. The number of fused-ring (bicyclic) bond motifs is 4. The molecule has 0 aromatic carbocycles. The summed E-state index contributed by atoms with van der Waals surface area (Å²) in [7, 11) is 3.15. The molecular formula is C24H22Br4O4. The number of halogens is 4. The molecule has 10 aliphatic carbocycles. The van der Waals surface area contributed by atoms with Crippen LogP contribution in [-0.2, 0) is 19.1 Å². The second-order valence-corrected chi connectivity index (χ2v) is 17.5. The van der Waals surface area contributed by atoms with Crippen LogP contribution < -0.4 is 0 Å². The van der Waals surface area contributed by atoms with E-state index in [1.807, 2.05) is 0 Å². The fourth-order valence-corrected chi connectivity index (χ4v) is 23.4. The van der Waals surface area contributed by atoms with E-state index in [1.165, 1.54) is 0 Å². The van der Waals surface area contributed by atoms with E-state index in [9.17, 15) is 9.59 Å². The molecule has 2 spiro atoms. The third-order valence-electron chi connectivity index (χ3n) is 14.1. The Morgan fingerprint density at radius 1 is 0.594 bits per heavy atom. The molecule has 0 aromatic rings. The van der Waals surface area contributed by atoms with Crippen molar-refractivity contribution in [2.24, 2.45) is 93.7 Å². The maximum atomic E-state index is 13.5. The summed E-state index contributed by atoms with van der Waals surface area (Å²) in [5.74, 6) is 5.64. The molecule has 20 atom stereocenters. The van der Waals surface area contributed by atoms with Gasteiger partial charge in [-0.3, -0.25) is 9.59 Å². The van der Waals surface area contributed by atoms with Gasteiger partial charge in [0.1, 0.15) is 0 Å². The minimum Gasteiger partial charge on any atom is -0.469 e. The highest BCUT2D eigenvalue weighted by molar-refractivity contribution is 9.11. The summed E-state index contributed by atoms with van der Waals surface area (Å²) >= 11 is 17.8. The summed E-state index contributed by atoms with van der Waals surface area (Å²) in [6, 6.07) is 0. The van der Waals surface area contributed by atoms with Crippen molar-refractivity contribution in [3.8, 4) is 0 Å². The SMILES string of the molecule is COC(=O)C1[C@@H]2[C@@H]3[C@@H]4[C@H]5C(C(=O)OC)[C@@H]3[C@]3(Br)[C@@H]6C(Br)[C@H]7[C@H]8[C@H]6[C@@H]6C(Br)[C@H]8C([C@@H]14)(C263)[C@@]57Br. The Labute approximate surface area is 219 Å². The number of hydrogen-bond donors (Lipinski definition) is 0. The zero-order valence-corrected chi connectivity index (χ0v) is 23.7. The van der Waals surface area contributed by atoms with E-state index in [1.54, 1.807) is 14.2 Å². The van der Waals surface area contributed by atoms with Crippen LogP contribution in [0.1, 0.15) is 0 Å². The molecule has 0 radical (unpaired) electrons. The Hall–Kier alpha value is 0.860. The van der Waals surface area contributed by atoms with Gasteiger partial charge in [0.15, 0.2) is 0 Å². The summed E-state index contributed by atoms with van der Waals surface area (Å²) in [5.41, 5.74) is 0.136. The predicted molar refractivity (Wildman–Crippen MR) is 127 cm³/mol. The number of carbonyl (C=O) groups excluding carboxylic acids is 2. The van der Waals surface area contributed by atoms with Crippen molar-refractivity contribution < 1.29 is 19.1 Å². The van der Waals surface area contributed by atoms with Crippen molar-refractivity contribution in [2.45, 2.75) is 18.3 Å². The number of esters is 2. The Bertz CT molecular complexity index is 1060. The molecule has 8 heteroatoms. The average Bonchev–Trinajstić information content (AvgIpc) is 3.57. The van der Waals surface area contributed by atoms with Gasteiger partial charge in [-0.2, -0.15) is 0 Å². The first-order chi connectivity index (χ1) is 15.3. The molecule has 10 rings (SSSR count). The van der Waals surface area contributed by atoms with Crippen molar-refractivity contribution in [3.63, 3.8) is 0 Å². The van der Waals surface area contributed by atoms with E-state index in [0.717, 1.165) is 0 Å². The first-order valence-corrected chi connectivity index (χ1v) is 15.5. The van der Waals surface area contributed by atoms with Crippen LogP contribution in [-0.4, -0.2) is 44.5 Å². The van der Waals surface area contributed by atoms with Gasteiger partial charge in [-0.15, -0.1) is 0 Å². The molecule has 10 fully saturated rings. The Morgan fingerprint density at radius 3 is 1.34 bits per heavy atom. The quantitative estimate of drug-likeness (QED) is 0.326. The lowest BCUT2D eigenvalue weighted by Gasteiger charge is -2.55. The minimum absolute atomic E-state index is 0.00365. The van der Waals surface area contributed by atoms with Crippen LogP contribution in [0.2, 0.25) is 0 Å². The first-order valence-electron chi connectivity index (χ1n) is 12.1. The van der Waals surface area contributed by atoms with Crippen LogP contribution in [0.5, 0.6) is 0 Å². The topological polar surface area (TPSA) is 52.6 Å². The van der Waals surface area contributed by atoms with Gasteiger partial charge in [0.05, 0.1) is 26.1 Å². The third kappa shape index (κ3) is 1.08. The lowest BCUT2D eigenvalue weighted by atomic mass is 9.51. The zero-order chi connectivity index (χ0) is 21.8. The van der Waals surface area contributed by atoms with E-state index < -0.39 is 0 Å². The van der Waals surface area contributed by atoms with Gasteiger partial charge >= 0.3 is 11.9 Å². The molecule has 0 amide bonds. The first kappa shape index (κ1) is 19.0. The highest BCUT2D eigenvalue weighted by Crippen LogP contribution is 3.11. The Morgan fingerprint density at radius 2 is 0.938 bits per heavy atom. The van der Waals surface area contributed by atoms with E-state index in [2.05, 4.69) is 63.7 Å². The fraction of sp³-hybridized carbons (Fsp3) is 0.917. The van der Waals surface area contributed by atoms with Gasteiger partial charge in [-0.25, -0.2) is 0 Å². The van der Waals surface area contributed by atoms with E-state index in [0.29, 0.717) is 68.8 Å². The van der Waals surface area contributed by atoms with E-state index in [4.69, 9.17) is 9.47 Å². The van der Waals surface area contributed by atoms with Crippen molar-refractivity contribution in [1.29, 1.82) is 0 Å². The summed E-state index contributed by atoms with van der Waals surface area (Å²) in [4.78, 5) is 28.0. The minimum atomic E-state index is -0.0987. The Balaban J connectivity index is 1.42. The molecule has 170 valence electrons. The molecule has 0 aromatic heterocycles. The summed E-state index contributed by atoms with van der Waals surface area (Å²) in [6.07, 6.45) is 0. The molecule has 0 N–H and O–H groups in total. The zero-order valence-electron chi connectivity index (χ0n) is 17.4. The van der Waals surface area contributed by atoms with Crippen LogP contribution in [0.15, 0.2) is 0 Å². The normalized spacial score (nSPS) is 80.3. The molecule has 10 saturated carbocycles. The predicted octanol–water partition coefficient (Wildman–Crippen LogP) is 3.86. The highest BCUT2D eigenvalue weighted by atomic mass is 79.9. The van der Waals surface area contributed by atoms with Crippen molar-refractivity contribution >= 4 is 75.7 Å². The number of methoxy groups -OCH3 is 2. The number of hydrogen-bond acceptors (Lipinski definition) is 4. The van der Waals surface area contributed by atoms with Gasteiger partial charge in [0.2, 0.25) is 0 Å². The fourth-order valence-electron chi connectivity index (χ4n) is 15.5. The van der Waals surface area contributed by atoms with Crippen LogP contribution in [0.25, 0.3) is 0 Å². The third-order valence-corrected chi connectivity index (χ3v) is 19.8. The molecule has 0 saturated heterocycles. The summed E-state index contributed by atoms with van der Waals surface area (Å²) in [5, 5.41) is 0. The second-order valence-electron chi connectivity index (χ2n) is 12.8. The molecule has 4 nitrogen and oxygen atoms in total. The van der Waals surface area contributed by atoms with Crippen molar-refractivity contribution in [1.82, 2.24) is 0 Å². The van der Waals surface area contributed by atoms with E-state index >= 15 is 0 Å².